The molecule has 1 aromatic heterocycles. The lowest BCUT2D eigenvalue weighted by molar-refractivity contribution is 0.415. The molecule has 0 N–H and O–H groups in total. The van der Waals surface area contributed by atoms with Gasteiger partial charge in [0.05, 0.1) is 22.3 Å². The molecule has 0 spiro atoms. The summed E-state index contributed by atoms with van der Waals surface area (Å²) < 4.78 is 6.51. The predicted octanol–water partition coefficient (Wildman–Crippen LogP) is 3.77. The zero-order valence-corrected chi connectivity index (χ0v) is 9.97. The van der Waals surface area contributed by atoms with Gasteiger partial charge in [-0.1, -0.05) is 12.1 Å². The molecule has 0 aliphatic heterocycles. The number of aromatic nitrogens is 1. The highest BCUT2D eigenvalue weighted by atomic mass is 32.1. The number of thiazole rings is 1. The van der Waals surface area contributed by atoms with Gasteiger partial charge in [0.1, 0.15) is 5.75 Å². The molecule has 0 radical (unpaired) electrons. The van der Waals surface area contributed by atoms with Crippen LogP contribution in [0.5, 0.6) is 5.75 Å². The Labute approximate surface area is 97.5 Å². The number of aryl methyl sites for hydroxylation is 1. The zero-order chi connectivity index (χ0) is 11.1. The number of fused-ring (bicyclic) bond motifs is 3. The fourth-order valence-corrected chi connectivity index (χ4v) is 2.87. The monoisotopic (exact) mass is 229 g/mol. The van der Waals surface area contributed by atoms with Crippen LogP contribution in [0, 0.1) is 6.92 Å². The maximum Gasteiger partial charge on any atom is 0.119 e. The zero-order valence-electron chi connectivity index (χ0n) is 9.15. The second-order valence-electron chi connectivity index (χ2n) is 3.73. The molecule has 0 saturated carbocycles. The van der Waals surface area contributed by atoms with Crippen LogP contribution in [0.15, 0.2) is 30.3 Å². The van der Waals surface area contributed by atoms with Crippen LogP contribution >= 0.6 is 11.3 Å². The normalized spacial score (nSPS) is 11.1. The number of nitrogens with zero attached hydrogens (tertiary/aromatic N) is 1. The quantitative estimate of drug-likeness (QED) is 0.633. The van der Waals surface area contributed by atoms with Crippen molar-refractivity contribution in [3.8, 4) is 5.75 Å². The van der Waals surface area contributed by atoms with Crippen molar-refractivity contribution in [2.75, 3.05) is 7.11 Å². The molecule has 2 nitrogen and oxygen atoms in total. The van der Waals surface area contributed by atoms with E-state index in [-0.39, 0.29) is 0 Å². The molecule has 0 amide bonds. The Hall–Kier alpha value is -1.61. The van der Waals surface area contributed by atoms with E-state index in [1.165, 1.54) is 15.5 Å². The Kier molecular flexibility index (Phi) is 2.07. The molecule has 1 heterocycles. The van der Waals surface area contributed by atoms with E-state index < -0.39 is 0 Å². The Morgan fingerprint density at radius 1 is 1.19 bits per heavy atom. The van der Waals surface area contributed by atoms with Gasteiger partial charge in [0.25, 0.3) is 0 Å². The lowest BCUT2D eigenvalue weighted by atomic mass is 10.1. The van der Waals surface area contributed by atoms with Gasteiger partial charge in [-0.15, -0.1) is 11.3 Å². The number of hydrogen-bond donors (Lipinski definition) is 0. The van der Waals surface area contributed by atoms with Crippen LogP contribution in [-0.4, -0.2) is 12.1 Å². The van der Waals surface area contributed by atoms with Gasteiger partial charge in [0.2, 0.25) is 0 Å². The average molecular weight is 229 g/mol. The van der Waals surface area contributed by atoms with Crippen molar-refractivity contribution in [3.05, 3.63) is 35.3 Å². The number of hydrogen-bond acceptors (Lipinski definition) is 3. The van der Waals surface area contributed by atoms with Gasteiger partial charge in [0, 0.05) is 5.39 Å². The number of benzene rings is 2. The molecular weight excluding hydrogens is 218 g/mol. The molecular formula is C13H11NOS. The summed E-state index contributed by atoms with van der Waals surface area (Å²) in [6, 6.07) is 10.3. The van der Waals surface area contributed by atoms with E-state index in [9.17, 15) is 0 Å². The van der Waals surface area contributed by atoms with Gasteiger partial charge in [-0.05, 0) is 30.5 Å². The Bertz CT molecular complexity index is 672. The summed E-state index contributed by atoms with van der Waals surface area (Å²) in [7, 11) is 1.69. The smallest absolute Gasteiger partial charge is 0.119 e. The second-order valence-corrected chi connectivity index (χ2v) is 4.94. The van der Waals surface area contributed by atoms with Crippen molar-refractivity contribution in [3.63, 3.8) is 0 Å². The van der Waals surface area contributed by atoms with Crippen molar-refractivity contribution in [1.82, 2.24) is 4.98 Å². The topological polar surface area (TPSA) is 22.1 Å². The van der Waals surface area contributed by atoms with Crippen LogP contribution in [0.3, 0.4) is 0 Å². The van der Waals surface area contributed by atoms with E-state index in [1.54, 1.807) is 18.4 Å². The Morgan fingerprint density at radius 3 is 2.81 bits per heavy atom. The molecule has 3 rings (SSSR count). The predicted molar refractivity (Wildman–Crippen MR) is 68.4 cm³/mol. The minimum Gasteiger partial charge on any atom is -0.497 e. The summed E-state index contributed by atoms with van der Waals surface area (Å²) in [5.74, 6) is 0.894. The third-order valence-corrected chi connectivity index (χ3v) is 3.71. The van der Waals surface area contributed by atoms with Gasteiger partial charge in [-0.3, -0.25) is 0 Å². The molecule has 80 valence electrons. The van der Waals surface area contributed by atoms with Crippen LogP contribution < -0.4 is 4.74 Å². The molecule has 0 bridgehead atoms. The van der Waals surface area contributed by atoms with Crippen molar-refractivity contribution in [2.24, 2.45) is 0 Å². The van der Waals surface area contributed by atoms with Gasteiger partial charge in [0.15, 0.2) is 0 Å². The van der Waals surface area contributed by atoms with Crippen molar-refractivity contribution >= 4 is 32.3 Å². The molecule has 0 aliphatic carbocycles. The van der Waals surface area contributed by atoms with E-state index >= 15 is 0 Å². The minimum atomic E-state index is 0.894. The van der Waals surface area contributed by atoms with Gasteiger partial charge >= 0.3 is 0 Å². The van der Waals surface area contributed by atoms with E-state index in [0.717, 1.165) is 16.3 Å². The van der Waals surface area contributed by atoms with Crippen LogP contribution in [0.2, 0.25) is 0 Å². The summed E-state index contributed by atoms with van der Waals surface area (Å²) in [6.07, 6.45) is 0. The first-order chi connectivity index (χ1) is 7.78. The molecule has 0 saturated heterocycles. The van der Waals surface area contributed by atoms with Crippen molar-refractivity contribution in [1.29, 1.82) is 0 Å². The lowest BCUT2D eigenvalue weighted by Crippen LogP contribution is -1.82. The van der Waals surface area contributed by atoms with E-state index in [4.69, 9.17) is 4.74 Å². The second kappa shape index (κ2) is 3.46. The molecule has 0 fully saturated rings. The fraction of sp³-hybridized carbons (Fsp3) is 0.154. The highest BCUT2D eigenvalue weighted by Crippen LogP contribution is 2.32. The summed E-state index contributed by atoms with van der Waals surface area (Å²) in [4.78, 5) is 4.50. The summed E-state index contributed by atoms with van der Waals surface area (Å²) in [5.41, 5.74) is 1.07. The Morgan fingerprint density at radius 2 is 2.00 bits per heavy atom. The van der Waals surface area contributed by atoms with Gasteiger partial charge < -0.3 is 4.74 Å². The maximum absolute atomic E-state index is 5.26. The van der Waals surface area contributed by atoms with Crippen LogP contribution in [0.4, 0.5) is 0 Å². The molecule has 3 heteroatoms. The SMILES string of the molecule is COc1ccc2ccc3nc(C)sc3c2c1. The summed E-state index contributed by atoms with van der Waals surface area (Å²) >= 11 is 1.73. The lowest BCUT2D eigenvalue weighted by Gasteiger charge is -2.02. The van der Waals surface area contributed by atoms with E-state index in [0.29, 0.717) is 0 Å². The summed E-state index contributed by atoms with van der Waals surface area (Å²) in [5, 5.41) is 3.56. The third kappa shape index (κ3) is 1.36. The average Bonchev–Trinajstić information content (AvgIpc) is 2.69. The highest BCUT2D eigenvalue weighted by Gasteiger charge is 2.05. The first-order valence-corrected chi connectivity index (χ1v) is 5.93. The Balaban J connectivity index is 2.46. The number of methoxy groups -OCH3 is 1. The maximum atomic E-state index is 5.26. The first-order valence-electron chi connectivity index (χ1n) is 5.12. The van der Waals surface area contributed by atoms with Crippen LogP contribution in [0.1, 0.15) is 5.01 Å². The van der Waals surface area contributed by atoms with E-state index in [1.807, 2.05) is 13.0 Å². The standard InChI is InChI=1S/C13H11NOS/c1-8-14-12-6-4-9-3-5-10(15-2)7-11(9)13(12)16-8/h3-7H,1-2H3. The first kappa shape index (κ1) is 9.60. The molecule has 0 atom stereocenters. The molecule has 16 heavy (non-hydrogen) atoms. The van der Waals surface area contributed by atoms with Crippen molar-refractivity contribution < 1.29 is 4.74 Å². The molecule has 2 aromatic carbocycles. The third-order valence-electron chi connectivity index (χ3n) is 2.69. The van der Waals surface area contributed by atoms with Gasteiger partial charge in [-0.2, -0.15) is 0 Å². The molecule has 3 aromatic rings. The van der Waals surface area contributed by atoms with E-state index in [2.05, 4.69) is 29.2 Å². The van der Waals surface area contributed by atoms with Gasteiger partial charge in [-0.25, -0.2) is 4.98 Å². The molecule has 0 unspecified atom stereocenters. The highest BCUT2D eigenvalue weighted by molar-refractivity contribution is 7.19. The fourth-order valence-electron chi connectivity index (χ4n) is 1.92. The van der Waals surface area contributed by atoms with Crippen LogP contribution in [-0.2, 0) is 0 Å². The van der Waals surface area contributed by atoms with Crippen molar-refractivity contribution in [2.45, 2.75) is 6.92 Å². The van der Waals surface area contributed by atoms with Crippen LogP contribution in [0.25, 0.3) is 21.0 Å². The number of rotatable bonds is 1. The minimum absolute atomic E-state index is 0.894. The largest absolute Gasteiger partial charge is 0.497 e. The number of ether oxygens (including phenoxy) is 1. The molecule has 0 aliphatic rings. The summed E-state index contributed by atoms with van der Waals surface area (Å²) in [6.45, 7) is 2.04.